The molecular weight excluding hydrogens is 556 g/mol. The van der Waals surface area contributed by atoms with E-state index in [1.807, 2.05) is 48.6 Å². The van der Waals surface area contributed by atoms with Crippen LogP contribution in [0.3, 0.4) is 0 Å². The summed E-state index contributed by atoms with van der Waals surface area (Å²) in [7, 11) is 0. The third-order valence-electron chi connectivity index (χ3n) is 7.53. The van der Waals surface area contributed by atoms with Crippen LogP contribution >= 0.6 is 11.8 Å². The zero-order valence-corrected chi connectivity index (χ0v) is 25.6. The molecule has 3 saturated heterocycles. The number of hydrogen-bond acceptors (Lipinski definition) is 9. The van der Waals surface area contributed by atoms with Gasteiger partial charge in [-0.1, -0.05) is 0 Å². The number of hydrogen-bond donors (Lipinski definition) is 2. The molecule has 0 saturated carbocycles. The van der Waals surface area contributed by atoms with Crippen LogP contribution in [0.4, 0.5) is 13.6 Å². The number of aromatic nitrogens is 3. The first-order valence-electron chi connectivity index (χ1n) is 14.1. The number of aliphatic hydroxyl groups is 2. The summed E-state index contributed by atoms with van der Waals surface area (Å²) in [4.78, 5) is 20.4. The SMILES string of the molecule is CC(C)(O)O.CSc1ncnn2c([C@H]3CC[C@@H](CN4CC(F)(F)CC45CCN(C(=O)OC(C)(C)C)CC5)O3)ccc12. The standard InChI is InChI=1S/C25H35F2N5O3S.C3H8O2/c1-23(2,3)35-22(33)30-11-9-24(10-12-30)14-25(26,27)15-31(24)13-17-5-8-20(34-17)18-6-7-19-21(36-4)28-16-29-32(18)19;1-3(2,4)5/h6-7,16-17,20H,5,8-15H2,1-4H3;4-5H,1-2H3/t17-,20+;/m0./s1. The number of nitrogens with zero attached hydrogens (tertiary/aromatic N) is 5. The van der Waals surface area contributed by atoms with Crippen LogP contribution in [0.5, 0.6) is 0 Å². The van der Waals surface area contributed by atoms with Crippen LogP contribution in [0, 0.1) is 0 Å². The van der Waals surface area contributed by atoms with Gasteiger partial charge in [0.1, 0.15) is 23.1 Å². The average molecular weight is 600 g/mol. The molecule has 2 aromatic rings. The van der Waals surface area contributed by atoms with E-state index in [2.05, 4.69) is 10.1 Å². The second-order valence-electron chi connectivity index (χ2n) is 12.7. The Morgan fingerprint density at radius 3 is 2.44 bits per heavy atom. The van der Waals surface area contributed by atoms with Crippen LogP contribution in [0.2, 0.25) is 0 Å². The molecule has 1 spiro atoms. The lowest BCUT2D eigenvalue weighted by Gasteiger charge is -2.45. The van der Waals surface area contributed by atoms with Gasteiger partial charge in [0.2, 0.25) is 0 Å². The Hall–Kier alpha value is -2.06. The van der Waals surface area contributed by atoms with Gasteiger partial charge in [-0.05, 0) is 78.7 Å². The van der Waals surface area contributed by atoms with Gasteiger partial charge in [-0.3, -0.25) is 4.90 Å². The molecular formula is C28H43F2N5O5S. The zero-order valence-electron chi connectivity index (χ0n) is 24.8. The maximum absolute atomic E-state index is 14.7. The van der Waals surface area contributed by atoms with Gasteiger partial charge >= 0.3 is 6.09 Å². The smallest absolute Gasteiger partial charge is 0.410 e. The number of thioether (sulfide) groups is 1. The zero-order chi connectivity index (χ0) is 30.2. The molecule has 3 aliphatic rings. The van der Waals surface area contributed by atoms with E-state index in [9.17, 15) is 13.6 Å². The molecule has 0 bridgehead atoms. The maximum atomic E-state index is 14.7. The van der Waals surface area contributed by atoms with Crippen LogP contribution in [0.25, 0.3) is 5.52 Å². The minimum Gasteiger partial charge on any atom is -0.444 e. The summed E-state index contributed by atoms with van der Waals surface area (Å²) in [5, 5.41) is 21.5. The van der Waals surface area contributed by atoms with Gasteiger partial charge in [0.05, 0.1) is 23.9 Å². The Kier molecular flexibility index (Phi) is 9.25. The molecule has 0 radical (unpaired) electrons. The Morgan fingerprint density at radius 1 is 1.17 bits per heavy atom. The fraction of sp³-hybridized carbons (Fsp3) is 0.750. The molecule has 3 aliphatic heterocycles. The molecule has 3 fully saturated rings. The minimum atomic E-state index is -2.74. The average Bonchev–Trinajstić information content (AvgIpc) is 3.53. The van der Waals surface area contributed by atoms with Crippen molar-refractivity contribution >= 4 is 23.4 Å². The first-order valence-corrected chi connectivity index (χ1v) is 15.3. The van der Waals surface area contributed by atoms with Gasteiger partial charge in [0, 0.05) is 31.6 Å². The van der Waals surface area contributed by atoms with Gasteiger partial charge in [0.25, 0.3) is 5.92 Å². The summed E-state index contributed by atoms with van der Waals surface area (Å²) in [6.45, 7) is 9.13. The lowest BCUT2D eigenvalue weighted by molar-refractivity contribution is -0.127. The molecule has 0 aromatic carbocycles. The molecule has 230 valence electrons. The van der Waals surface area contributed by atoms with E-state index in [0.717, 1.165) is 29.1 Å². The highest BCUT2D eigenvalue weighted by Crippen LogP contribution is 2.46. The number of likely N-dealkylation sites (tertiary alicyclic amines) is 2. The minimum absolute atomic E-state index is 0.128. The van der Waals surface area contributed by atoms with Gasteiger partial charge in [-0.2, -0.15) is 5.10 Å². The third kappa shape index (κ3) is 8.07. The molecule has 2 atom stereocenters. The highest BCUT2D eigenvalue weighted by atomic mass is 32.2. The Morgan fingerprint density at radius 2 is 1.83 bits per heavy atom. The highest BCUT2D eigenvalue weighted by molar-refractivity contribution is 7.98. The van der Waals surface area contributed by atoms with Crippen molar-refractivity contribution in [1.29, 1.82) is 0 Å². The number of carbonyl (C=O) groups is 1. The van der Waals surface area contributed by atoms with Crippen molar-refractivity contribution in [2.24, 2.45) is 0 Å². The van der Waals surface area contributed by atoms with Crippen molar-refractivity contribution in [3.8, 4) is 0 Å². The lowest BCUT2D eigenvalue weighted by Crippen LogP contribution is -2.55. The topological polar surface area (TPSA) is 113 Å². The number of halogens is 2. The first kappa shape index (κ1) is 31.9. The van der Waals surface area contributed by atoms with E-state index in [1.54, 1.807) is 23.0 Å². The second kappa shape index (κ2) is 11.9. The predicted molar refractivity (Wildman–Crippen MR) is 151 cm³/mol. The number of amides is 1. The van der Waals surface area contributed by atoms with Crippen molar-refractivity contribution < 1.29 is 33.3 Å². The van der Waals surface area contributed by atoms with E-state index in [0.29, 0.717) is 32.5 Å². The van der Waals surface area contributed by atoms with E-state index in [4.69, 9.17) is 19.7 Å². The molecule has 2 aromatic heterocycles. The molecule has 0 aliphatic carbocycles. The Bertz CT molecular complexity index is 1200. The maximum Gasteiger partial charge on any atom is 0.410 e. The predicted octanol–water partition coefficient (Wildman–Crippen LogP) is 4.49. The summed E-state index contributed by atoms with van der Waals surface area (Å²) in [6, 6.07) is 4.03. The Labute approximate surface area is 244 Å². The normalized spacial score (nSPS) is 24.5. The second-order valence-corrected chi connectivity index (χ2v) is 13.5. The number of piperidine rings is 1. The van der Waals surface area contributed by atoms with Crippen molar-refractivity contribution in [3.05, 3.63) is 24.2 Å². The van der Waals surface area contributed by atoms with Crippen LogP contribution in [0.15, 0.2) is 23.5 Å². The summed E-state index contributed by atoms with van der Waals surface area (Å²) in [5.74, 6) is -4.24. The molecule has 1 amide bonds. The fourth-order valence-corrected chi connectivity index (χ4v) is 6.43. The van der Waals surface area contributed by atoms with Crippen LogP contribution in [0.1, 0.15) is 78.5 Å². The lowest BCUT2D eigenvalue weighted by atomic mass is 9.84. The molecule has 13 heteroatoms. The molecule has 41 heavy (non-hydrogen) atoms. The number of carbonyl (C=O) groups excluding carboxylic acids is 1. The molecule has 5 rings (SSSR count). The van der Waals surface area contributed by atoms with Crippen LogP contribution in [-0.4, -0.2) is 102 Å². The van der Waals surface area contributed by atoms with Crippen LogP contribution in [-0.2, 0) is 9.47 Å². The summed E-state index contributed by atoms with van der Waals surface area (Å²) in [5.41, 5.74) is 0.717. The number of rotatable bonds is 4. The molecule has 0 unspecified atom stereocenters. The van der Waals surface area contributed by atoms with Crippen molar-refractivity contribution in [3.63, 3.8) is 0 Å². The van der Waals surface area contributed by atoms with E-state index < -0.39 is 22.8 Å². The molecule has 5 heterocycles. The van der Waals surface area contributed by atoms with Gasteiger partial charge in [0.15, 0.2) is 5.79 Å². The monoisotopic (exact) mass is 599 g/mol. The molecule has 10 nitrogen and oxygen atoms in total. The van der Waals surface area contributed by atoms with Gasteiger partial charge < -0.3 is 24.6 Å². The van der Waals surface area contributed by atoms with Gasteiger partial charge in [-0.15, -0.1) is 11.8 Å². The van der Waals surface area contributed by atoms with E-state index >= 15 is 0 Å². The number of fused-ring (bicyclic) bond motifs is 1. The van der Waals surface area contributed by atoms with Crippen molar-refractivity contribution in [2.45, 2.75) is 107 Å². The number of alkyl halides is 2. The first-order chi connectivity index (χ1) is 19.0. The third-order valence-corrected chi connectivity index (χ3v) is 8.23. The summed E-state index contributed by atoms with van der Waals surface area (Å²) < 4.78 is 43.2. The fourth-order valence-electron chi connectivity index (χ4n) is 5.92. The Balaban J connectivity index is 0.000000714. The van der Waals surface area contributed by atoms with E-state index in [-0.39, 0.29) is 31.3 Å². The molecule has 2 N–H and O–H groups in total. The van der Waals surface area contributed by atoms with E-state index in [1.165, 1.54) is 13.8 Å². The highest BCUT2D eigenvalue weighted by Gasteiger charge is 2.56. The summed E-state index contributed by atoms with van der Waals surface area (Å²) in [6.07, 6.45) is 5.38. The van der Waals surface area contributed by atoms with Crippen molar-refractivity contribution in [1.82, 2.24) is 24.4 Å². The van der Waals surface area contributed by atoms with Crippen molar-refractivity contribution in [2.75, 3.05) is 32.4 Å². The quantitative estimate of drug-likeness (QED) is 0.388. The summed E-state index contributed by atoms with van der Waals surface area (Å²) >= 11 is 1.57. The van der Waals surface area contributed by atoms with Gasteiger partial charge in [-0.25, -0.2) is 23.1 Å². The number of ether oxygens (including phenoxy) is 2. The largest absolute Gasteiger partial charge is 0.444 e. The van der Waals surface area contributed by atoms with Crippen LogP contribution < -0.4 is 0 Å².